The Balaban J connectivity index is 1.97. The van der Waals surface area contributed by atoms with Crippen molar-refractivity contribution in [2.24, 2.45) is 5.92 Å². The van der Waals surface area contributed by atoms with Gasteiger partial charge in [-0.2, -0.15) is 0 Å². The number of aliphatic carboxylic acids is 1. The zero-order chi connectivity index (χ0) is 14.5. The zero-order valence-electron chi connectivity index (χ0n) is 11.0. The predicted octanol–water partition coefficient (Wildman–Crippen LogP) is 2.97. The number of carboxylic acids is 1. The molecule has 0 saturated carbocycles. The summed E-state index contributed by atoms with van der Waals surface area (Å²) in [5, 5.41) is 17.3. The molecular weight excluding hydrogens is 280 g/mol. The summed E-state index contributed by atoms with van der Waals surface area (Å²) < 4.78 is 5.52. The van der Waals surface area contributed by atoms with E-state index < -0.39 is 5.97 Å². The van der Waals surface area contributed by atoms with Gasteiger partial charge < -0.3 is 9.52 Å². The maximum absolute atomic E-state index is 10.6. The van der Waals surface area contributed by atoms with Gasteiger partial charge in [0.05, 0.1) is 6.42 Å². The minimum Gasteiger partial charge on any atom is -0.481 e. The average Bonchev–Trinajstić information content (AvgIpc) is 2.75. The third-order valence-electron chi connectivity index (χ3n) is 2.80. The SMILES string of the molecule is CC(CC(=O)O)Cc1nnc(Cc2cccc(Cl)c2)o1. The van der Waals surface area contributed by atoms with Crippen molar-refractivity contribution < 1.29 is 14.3 Å². The second kappa shape index (κ2) is 6.52. The van der Waals surface area contributed by atoms with Crippen LogP contribution in [0.25, 0.3) is 0 Å². The Morgan fingerprint density at radius 1 is 1.40 bits per heavy atom. The molecule has 2 aromatic rings. The molecule has 0 saturated heterocycles. The van der Waals surface area contributed by atoms with E-state index in [0.29, 0.717) is 29.6 Å². The van der Waals surface area contributed by atoms with Crippen LogP contribution in [-0.2, 0) is 17.6 Å². The van der Waals surface area contributed by atoms with Gasteiger partial charge >= 0.3 is 5.97 Å². The van der Waals surface area contributed by atoms with Gasteiger partial charge in [-0.15, -0.1) is 10.2 Å². The van der Waals surface area contributed by atoms with E-state index in [-0.39, 0.29) is 12.3 Å². The van der Waals surface area contributed by atoms with Crippen LogP contribution in [0.15, 0.2) is 28.7 Å². The molecule has 0 spiro atoms. The van der Waals surface area contributed by atoms with Crippen LogP contribution in [0.4, 0.5) is 0 Å². The lowest BCUT2D eigenvalue weighted by molar-refractivity contribution is -0.137. The normalized spacial score (nSPS) is 12.3. The topological polar surface area (TPSA) is 76.2 Å². The summed E-state index contributed by atoms with van der Waals surface area (Å²) >= 11 is 5.91. The van der Waals surface area contributed by atoms with Crippen LogP contribution in [0.1, 0.15) is 30.7 Å². The molecular formula is C14H15ClN2O3. The highest BCUT2D eigenvalue weighted by atomic mass is 35.5. The minimum absolute atomic E-state index is 0.0352. The molecule has 1 atom stereocenters. The molecule has 0 aliphatic rings. The number of carboxylic acid groups (broad SMARTS) is 1. The second-order valence-corrected chi connectivity index (χ2v) is 5.24. The number of benzene rings is 1. The van der Waals surface area contributed by atoms with Gasteiger partial charge in [0.15, 0.2) is 0 Å². The van der Waals surface area contributed by atoms with Crippen molar-refractivity contribution >= 4 is 17.6 Å². The largest absolute Gasteiger partial charge is 0.481 e. The Morgan fingerprint density at radius 3 is 2.85 bits per heavy atom. The number of nitrogens with zero attached hydrogens (tertiary/aromatic N) is 2. The first kappa shape index (κ1) is 14.5. The zero-order valence-corrected chi connectivity index (χ0v) is 11.8. The van der Waals surface area contributed by atoms with Gasteiger partial charge in [0.1, 0.15) is 0 Å². The fourth-order valence-corrected chi connectivity index (χ4v) is 2.15. The molecule has 1 aromatic heterocycles. The second-order valence-electron chi connectivity index (χ2n) is 4.80. The van der Waals surface area contributed by atoms with Crippen molar-refractivity contribution in [2.75, 3.05) is 0 Å². The first-order valence-corrected chi connectivity index (χ1v) is 6.68. The summed E-state index contributed by atoms with van der Waals surface area (Å²) in [6.45, 7) is 1.84. The molecule has 1 N–H and O–H groups in total. The van der Waals surface area contributed by atoms with Crippen LogP contribution in [0, 0.1) is 5.92 Å². The summed E-state index contributed by atoms with van der Waals surface area (Å²) in [5.41, 5.74) is 0.992. The lowest BCUT2D eigenvalue weighted by atomic mass is 10.0. The molecule has 0 bridgehead atoms. The summed E-state index contributed by atoms with van der Waals surface area (Å²) in [7, 11) is 0. The van der Waals surface area contributed by atoms with Gasteiger partial charge in [0.2, 0.25) is 11.8 Å². The Labute approximate surface area is 121 Å². The number of halogens is 1. The lowest BCUT2D eigenvalue weighted by Crippen LogP contribution is -2.07. The first-order valence-electron chi connectivity index (χ1n) is 6.30. The molecule has 106 valence electrons. The first-order chi connectivity index (χ1) is 9.52. The molecule has 0 aliphatic carbocycles. The van der Waals surface area contributed by atoms with Gasteiger partial charge in [-0.05, 0) is 23.6 Å². The van der Waals surface area contributed by atoms with Crippen molar-refractivity contribution in [3.8, 4) is 0 Å². The number of carbonyl (C=O) groups is 1. The van der Waals surface area contributed by atoms with E-state index in [0.717, 1.165) is 5.56 Å². The Kier molecular flexibility index (Phi) is 4.74. The van der Waals surface area contributed by atoms with Crippen LogP contribution >= 0.6 is 11.6 Å². The van der Waals surface area contributed by atoms with Crippen molar-refractivity contribution in [2.45, 2.75) is 26.2 Å². The number of rotatable bonds is 6. The Morgan fingerprint density at radius 2 is 2.15 bits per heavy atom. The van der Waals surface area contributed by atoms with E-state index in [1.54, 1.807) is 6.07 Å². The van der Waals surface area contributed by atoms with Gasteiger partial charge in [0, 0.05) is 17.9 Å². The molecule has 0 aliphatic heterocycles. The van der Waals surface area contributed by atoms with Gasteiger partial charge in [-0.1, -0.05) is 30.7 Å². The van der Waals surface area contributed by atoms with E-state index in [4.69, 9.17) is 21.1 Å². The molecule has 5 nitrogen and oxygen atoms in total. The van der Waals surface area contributed by atoms with Crippen LogP contribution in [0.5, 0.6) is 0 Å². The van der Waals surface area contributed by atoms with Gasteiger partial charge in [0.25, 0.3) is 0 Å². The maximum Gasteiger partial charge on any atom is 0.303 e. The lowest BCUT2D eigenvalue weighted by Gasteiger charge is -2.03. The van der Waals surface area contributed by atoms with Crippen LogP contribution in [-0.4, -0.2) is 21.3 Å². The highest BCUT2D eigenvalue weighted by Gasteiger charge is 2.13. The van der Waals surface area contributed by atoms with E-state index in [2.05, 4.69) is 10.2 Å². The van der Waals surface area contributed by atoms with Crippen molar-refractivity contribution in [3.05, 3.63) is 46.6 Å². The van der Waals surface area contributed by atoms with Crippen molar-refractivity contribution in [1.29, 1.82) is 0 Å². The monoisotopic (exact) mass is 294 g/mol. The molecule has 1 heterocycles. The number of hydrogen-bond acceptors (Lipinski definition) is 4. The molecule has 1 aromatic carbocycles. The van der Waals surface area contributed by atoms with E-state index >= 15 is 0 Å². The third kappa shape index (κ3) is 4.35. The fraction of sp³-hybridized carbons (Fsp3) is 0.357. The molecule has 1 unspecified atom stereocenters. The van der Waals surface area contributed by atoms with Gasteiger partial charge in [-0.25, -0.2) is 0 Å². The molecule has 2 rings (SSSR count). The Bertz CT molecular complexity index is 598. The summed E-state index contributed by atoms with van der Waals surface area (Å²) in [5.74, 6) is 0.115. The minimum atomic E-state index is -0.823. The predicted molar refractivity (Wildman–Crippen MR) is 73.7 cm³/mol. The van der Waals surface area contributed by atoms with Crippen molar-refractivity contribution in [1.82, 2.24) is 10.2 Å². The average molecular weight is 295 g/mol. The smallest absolute Gasteiger partial charge is 0.303 e. The van der Waals surface area contributed by atoms with E-state index in [1.807, 2.05) is 25.1 Å². The summed E-state index contributed by atoms with van der Waals surface area (Å²) in [4.78, 5) is 10.6. The third-order valence-corrected chi connectivity index (χ3v) is 3.03. The fourth-order valence-electron chi connectivity index (χ4n) is 1.93. The van der Waals surface area contributed by atoms with Gasteiger partial charge in [-0.3, -0.25) is 4.79 Å². The molecule has 6 heteroatoms. The molecule has 0 radical (unpaired) electrons. The molecule has 0 fully saturated rings. The van der Waals surface area contributed by atoms with E-state index in [9.17, 15) is 4.79 Å². The standard InChI is InChI=1S/C14H15ClN2O3/c1-9(6-14(18)19)5-12-16-17-13(20-12)8-10-3-2-4-11(15)7-10/h2-4,7,9H,5-6,8H2,1H3,(H,18,19). The highest BCUT2D eigenvalue weighted by Crippen LogP contribution is 2.16. The van der Waals surface area contributed by atoms with Crippen LogP contribution in [0.2, 0.25) is 5.02 Å². The Hall–Kier alpha value is -1.88. The highest BCUT2D eigenvalue weighted by molar-refractivity contribution is 6.30. The van der Waals surface area contributed by atoms with Crippen LogP contribution < -0.4 is 0 Å². The summed E-state index contributed by atoms with van der Waals surface area (Å²) in [6.07, 6.45) is 1.07. The number of hydrogen-bond donors (Lipinski definition) is 1. The quantitative estimate of drug-likeness (QED) is 0.886. The number of aromatic nitrogens is 2. The van der Waals surface area contributed by atoms with Crippen molar-refractivity contribution in [3.63, 3.8) is 0 Å². The molecule has 20 heavy (non-hydrogen) atoms. The van der Waals surface area contributed by atoms with Crippen LogP contribution in [0.3, 0.4) is 0 Å². The molecule has 0 amide bonds. The summed E-state index contributed by atoms with van der Waals surface area (Å²) in [6, 6.07) is 7.45. The maximum atomic E-state index is 10.6. The van der Waals surface area contributed by atoms with E-state index in [1.165, 1.54) is 0 Å².